The van der Waals surface area contributed by atoms with E-state index in [1.54, 1.807) is 37.3 Å². The van der Waals surface area contributed by atoms with Crippen LogP contribution < -0.4 is 4.31 Å². The van der Waals surface area contributed by atoms with E-state index < -0.39 is 16.0 Å². The van der Waals surface area contributed by atoms with Gasteiger partial charge in [0.2, 0.25) is 0 Å². The second-order valence-corrected chi connectivity index (χ2v) is 9.32. The van der Waals surface area contributed by atoms with Crippen molar-refractivity contribution >= 4 is 54.7 Å². The number of carbonyl (C=O) groups excluding carboxylic acids is 1. The second-order valence-electron chi connectivity index (χ2n) is 5.67. The van der Waals surface area contributed by atoms with Crippen molar-refractivity contribution in [2.75, 3.05) is 18.5 Å². The third kappa shape index (κ3) is 3.18. The van der Waals surface area contributed by atoms with Crippen LogP contribution in [0.15, 0.2) is 46.7 Å². The number of ether oxygens (including phenoxy) is 1. The molecule has 0 bridgehead atoms. The number of methoxy groups -OCH3 is 1. The number of thiophene rings is 1. The SMILES string of the molecule is COC(=O)c1cccc(N(C)S(=O)(=O)c2sc3ccc(Cl)cc3c2C)c1. The van der Waals surface area contributed by atoms with Gasteiger partial charge in [-0.25, -0.2) is 13.2 Å². The molecular weight excluding hydrogens is 394 g/mol. The summed E-state index contributed by atoms with van der Waals surface area (Å²) in [6.07, 6.45) is 0. The van der Waals surface area contributed by atoms with Crippen LogP contribution in [0.25, 0.3) is 10.1 Å². The fourth-order valence-corrected chi connectivity index (χ4v) is 5.88. The molecule has 0 aliphatic carbocycles. The first-order valence-electron chi connectivity index (χ1n) is 7.61. The van der Waals surface area contributed by atoms with Gasteiger partial charge in [0.15, 0.2) is 0 Å². The molecule has 0 unspecified atom stereocenters. The molecule has 8 heteroatoms. The largest absolute Gasteiger partial charge is 0.465 e. The van der Waals surface area contributed by atoms with Gasteiger partial charge in [-0.15, -0.1) is 11.3 Å². The van der Waals surface area contributed by atoms with E-state index in [0.29, 0.717) is 16.3 Å². The van der Waals surface area contributed by atoms with Gasteiger partial charge in [-0.05, 0) is 54.3 Å². The molecule has 0 N–H and O–H groups in total. The van der Waals surface area contributed by atoms with Crippen LogP contribution in [-0.2, 0) is 14.8 Å². The molecule has 0 amide bonds. The lowest BCUT2D eigenvalue weighted by atomic mass is 10.2. The summed E-state index contributed by atoms with van der Waals surface area (Å²) in [7, 11) is -1.05. The number of benzene rings is 2. The van der Waals surface area contributed by atoms with Crippen LogP contribution in [0.1, 0.15) is 15.9 Å². The number of carbonyl (C=O) groups is 1. The van der Waals surface area contributed by atoms with Gasteiger partial charge < -0.3 is 4.74 Å². The average molecular weight is 410 g/mol. The van der Waals surface area contributed by atoms with Gasteiger partial charge in [0.05, 0.1) is 18.4 Å². The Bertz CT molecular complexity index is 1110. The molecule has 5 nitrogen and oxygen atoms in total. The third-order valence-electron chi connectivity index (χ3n) is 4.08. The highest BCUT2D eigenvalue weighted by molar-refractivity contribution is 7.95. The highest BCUT2D eigenvalue weighted by Crippen LogP contribution is 2.37. The Balaban J connectivity index is 2.08. The summed E-state index contributed by atoms with van der Waals surface area (Å²) in [6, 6.07) is 11.6. The smallest absolute Gasteiger partial charge is 0.337 e. The summed E-state index contributed by atoms with van der Waals surface area (Å²) in [4.78, 5) is 11.7. The third-order valence-corrected chi connectivity index (χ3v) is 7.97. The molecule has 0 aliphatic heterocycles. The van der Waals surface area contributed by atoms with Crippen LogP contribution in [-0.4, -0.2) is 28.5 Å². The molecule has 0 saturated carbocycles. The first kappa shape index (κ1) is 18.7. The highest BCUT2D eigenvalue weighted by atomic mass is 35.5. The Morgan fingerprint density at radius 3 is 2.62 bits per heavy atom. The minimum absolute atomic E-state index is 0.251. The summed E-state index contributed by atoms with van der Waals surface area (Å²) in [5, 5.41) is 1.37. The predicted octanol–water partition coefficient (Wildman–Crippen LogP) is 4.47. The van der Waals surface area contributed by atoms with E-state index in [1.807, 2.05) is 6.07 Å². The maximum Gasteiger partial charge on any atom is 0.337 e. The average Bonchev–Trinajstić information content (AvgIpc) is 2.97. The number of rotatable bonds is 4. The maximum atomic E-state index is 13.1. The van der Waals surface area contributed by atoms with Gasteiger partial charge >= 0.3 is 5.97 Å². The molecule has 3 aromatic rings. The van der Waals surface area contributed by atoms with Crippen LogP contribution in [0.3, 0.4) is 0 Å². The van der Waals surface area contributed by atoms with Crippen molar-refractivity contribution in [2.24, 2.45) is 0 Å². The molecular formula is C18H16ClNO4S2. The number of sulfonamides is 1. The van der Waals surface area contributed by atoms with Gasteiger partial charge in [0.25, 0.3) is 10.0 Å². The summed E-state index contributed by atoms with van der Waals surface area (Å²) >= 11 is 7.23. The van der Waals surface area contributed by atoms with Crippen molar-refractivity contribution in [1.82, 2.24) is 0 Å². The predicted molar refractivity (Wildman–Crippen MR) is 105 cm³/mol. The zero-order valence-corrected chi connectivity index (χ0v) is 16.7. The van der Waals surface area contributed by atoms with Crippen molar-refractivity contribution < 1.29 is 17.9 Å². The minimum atomic E-state index is -3.79. The number of fused-ring (bicyclic) bond motifs is 1. The summed E-state index contributed by atoms with van der Waals surface area (Å²) in [5.74, 6) is -0.523. The lowest BCUT2D eigenvalue weighted by Crippen LogP contribution is -2.26. The fraction of sp³-hybridized carbons (Fsp3) is 0.167. The molecule has 1 heterocycles. The molecule has 0 fully saturated rings. The molecule has 0 atom stereocenters. The summed E-state index contributed by atoms with van der Waals surface area (Å²) in [5.41, 5.74) is 1.32. The van der Waals surface area contributed by atoms with Gasteiger partial charge in [-0.3, -0.25) is 4.31 Å². The monoisotopic (exact) mass is 409 g/mol. The fourth-order valence-electron chi connectivity index (χ4n) is 2.63. The Morgan fingerprint density at radius 1 is 1.19 bits per heavy atom. The van der Waals surface area contributed by atoms with E-state index >= 15 is 0 Å². The zero-order chi connectivity index (χ0) is 19.1. The normalized spacial score (nSPS) is 11.5. The Hall–Kier alpha value is -2.09. The molecule has 0 aliphatic rings. The van der Waals surface area contributed by atoms with Gasteiger partial charge in [-0.2, -0.15) is 0 Å². The number of halogens is 1. The van der Waals surface area contributed by atoms with Crippen molar-refractivity contribution in [2.45, 2.75) is 11.1 Å². The van der Waals surface area contributed by atoms with Crippen LogP contribution >= 0.6 is 22.9 Å². The molecule has 0 radical (unpaired) electrons. The molecule has 0 spiro atoms. The first-order valence-corrected chi connectivity index (χ1v) is 10.2. The van der Waals surface area contributed by atoms with Gasteiger partial charge in [0.1, 0.15) is 4.21 Å². The van der Waals surface area contributed by atoms with Gasteiger partial charge in [0, 0.05) is 16.8 Å². The van der Waals surface area contributed by atoms with Crippen molar-refractivity contribution in [3.05, 3.63) is 58.6 Å². The van der Waals surface area contributed by atoms with E-state index in [-0.39, 0.29) is 9.77 Å². The minimum Gasteiger partial charge on any atom is -0.465 e. The number of nitrogens with zero attached hydrogens (tertiary/aromatic N) is 1. The van der Waals surface area contributed by atoms with E-state index in [4.69, 9.17) is 16.3 Å². The van der Waals surface area contributed by atoms with Crippen molar-refractivity contribution in [1.29, 1.82) is 0 Å². The van der Waals surface area contributed by atoms with E-state index in [2.05, 4.69) is 0 Å². The maximum absolute atomic E-state index is 13.1. The number of esters is 1. The molecule has 3 rings (SSSR count). The lowest BCUT2D eigenvalue weighted by molar-refractivity contribution is 0.0600. The summed E-state index contributed by atoms with van der Waals surface area (Å²) < 4.78 is 33.3. The molecule has 0 saturated heterocycles. The Kier molecular flexibility index (Phi) is 4.96. The Labute approximate surface area is 160 Å². The van der Waals surface area contributed by atoms with Crippen LogP contribution in [0.5, 0.6) is 0 Å². The number of hydrogen-bond acceptors (Lipinski definition) is 5. The number of anilines is 1. The topological polar surface area (TPSA) is 63.7 Å². The molecule has 1 aromatic heterocycles. The quantitative estimate of drug-likeness (QED) is 0.596. The van der Waals surface area contributed by atoms with Crippen LogP contribution in [0.4, 0.5) is 5.69 Å². The van der Waals surface area contributed by atoms with Crippen LogP contribution in [0, 0.1) is 6.92 Å². The molecule has 2 aromatic carbocycles. The van der Waals surface area contributed by atoms with Crippen molar-refractivity contribution in [3.63, 3.8) is 0 Å². The lowest BCUT2D eigenvalue weighted by Gasteiger charge is -2.19. The first-order chi connectivity index (χ1) is 12.3. The molecule has 136 valence electrons. The van der Waals surface area contributed by atoms with E-state index in [1.165, 1.54) is 35.9 Å². The zero-order valence-electron chi connectivity index (χ0n) is 14.3. The van der Waals surface area contributed by atoms with E-state index in [9.17, 15) is 13.2 Å². The van der Waals surface area contributed by atoms with Gasteiger partial charge in [-0.1, -0.05) is 17.7 Å². The second kappa shape index (κ2) is 6.90. The Morgan fingerprint density at radius 2 is 1.92 bits per heavy atom. The number of hydrogen-bond donors (Lipinski definition) is 0. The van der Waals surface area contributed by atoms with Crippen LogP contribution in [0.2, 0.25) is 5.02 Å². The highest BCUT2D eigenvalue weighted by Gasteiger charge is 2.27. The number of aryl methyl sites for hydroxylation is 1. The van der Waals surface area contributed by atoms with E-state index in [0.717, 1.165) is 10.1 Å². The van der Waals surface area contributed by atoms with Crippen molar-refractivity contribution in [3.8, 4) is 0 Å². The standard InChI is InChI=1S/C18H16ClNO4S2/c1-11-15-10-13(19)7-8-16(15)25-18(11)26(22,23)20(2)14-6-4-5-12(9-14)17(21)24-3/h4-10H,1-3H3. The summed E-state index contributed by atoms with van der Waals surface area (Å²) in [6.45, 7) is 1.76. The molecule has 26 heavy (non-hydrogen) atoms.